The number of hydrogen-bond donors (Lipinski definition) is 0. The molecule has 0 saturated heterocycles. The van der Waals surface area contributed by atoms with E-state index < -0.39 is 0 Å². The van der Waals surface area contributed by atoms with E-state index in [0.29, 0.717) is 0 Å². The van der Waals surface area contributed by atoms with Crippen LogP contribution in [0.5, 0.6) is 0 Å². The number of rotatable bonds is 7. The zero-order valence-corrected chi connectivity index (χ0v) is 31.5. The van der Waals surface area contributed by atoms with Crippen LogP contribution in [0.15, 0.2) is 218 Å². The van der Waals surface area contributed by atoms with Gasteiger partial charge in [0.2, 0.25) is 0 Å². The van der Waals surface area contributed by atoms with Gasteiger partial charge < -0.3 is 4.57 Å². The van der Waals surface area contributed by atoms with Crippen LogP contribution < -0.4 is 4.90 Å². The molecule has 3 nitrogen and oxygen atoms in total. The number of allylic oxidation sites excluding steroid dienone is 4. The molecule has 0 aliphatic heterocycles. The van der Waals surface area contributed by atoms with Gasteiger partial charge >= 0.3 is 0 Å². The number of fused-ring (bicyclic) bond motifs is 4. The minimum atomic E-state index is 0.969. The monoisotopic (exact) mass is 729 g/mol. The standard InChI is InChI=1S/C54H39N3/c1-4-18-40(19-5-1)52-36-44-34-41(32-33-49(44)56(52)50-28-14-20-38-16-10-12-26-47(38)50)42-30-31-43-37-54(55(45-22-6-2-7-23-45)46-24-8-3-9-25-46)57(53(43)35-42)51-29-15-21-39-17-11-13-27-48(39)51/h1-8,10-24,26-37H,9,25H2. The second-order valence-electron chi connectivity index (χ2n) is 14.9. The molecule has 0 radical (unpaired) electrons. The minimum Gasteiger partial charge on any atom is -0.309 e. The van der Waals surface area contributed by atoms with Gasteiger partial charge in [-0.25, -0.2) is 0 Å². The Morgan fingerprint density at radius 1 is 0.421 bits per heavy atom. The molecule has 0 saturated carbocycles. The number of nitrogens with zero attached hydrogens (tertiary/aromatic N) is 3. The summed E-state index contributed by atoms with van der Waals surface area (Å²) in [5.74, 6) is 1.13. The summed E-state index contributed by atoms with van der Waals surface area (Å²) in [4.78, 5) is 2.46. The van der Waals surface area contributed by atoms with E-state index in [2.05, 4.69) is 226 Å². The first-order valence-electron chi connectivity index (χ1n) is 19.8. The molecule has 2 aromatic heterocycles. The molecule has 11 rings (SSSR count). The summed E-state index contributed by atoms with van der Waals surface area (Å²) < 4.78 is 4.92. The second-order valence-corrected chi connectivity index (χ2v) is 14.9. The maximum Gasteiger partial charge on any atom is 0.123 e. The van der Waals surface area contributed by atoms with Crippen LogP contribution in [0.25, 0.3) is 77.1 Å². The Hall–Kier alpha value is -7.36. The quantitative estimate of drug-likeness (QED) is 0.159. The molecular weight excluding hydrogens is 691 g/mol. The van der Waals surface area contributed by atoms with Crippen molar-refractivity contribution in [2.75, 3.05) is 4.90 Å². The fourth-order valence-corrected chi connectivity index (χ4v) is 8.86. The van der Waals surface area contributed by atoms with Crippen molar-refractivity contribution in [3.63, 3.8) is 0 Å². The van der Waals surface area contributed by atoms with Crippen molar-refractivity contribution >= 4 is 54.9 Å². The summed E-state index contributed by atoms with van der Waals surface area (Å²) >= 11 is 0. The molecule has 3 heteroatoms. The maximum absolute atomic E-state index is 2.48. The molecule has 1 aliphatic carbocycles. The van der Waals surface area contributed by atoms with E-state index in [-0.39, 0.29) is 0 Å². The van der Waals surface area contributed by atoms with E-state index in [1.807, 2.05) is 0 Å². The van der Waals surface area contributed by atoms with Gasteiger partial charge in [0.1, 0.15) is 5.82 Å². The zero-order valence-electron chi connectivity index (χ0n) is 31.5. The third kappa shape index (κ3) is 5.67. The van der Waals surface area contributed by atoms with Gasteiger partial charge in [0.25, 0.3) is 0 Å². The number of hydrogen-bond acceptors (Lipinski definition) is 1. The van der Waals surface area contributed by atoms with E-state index in [0.717, 1.165) is 24.3 Å². The molecule has 1 aliphatic rings. The molecule has 0 fully saturated rings. The molecule has 0 amide bonds. The molecule has 57 heavy (non-hydrogen) atoms. The summed E-state index contributed by atoms with van der Waals surface area (Å²) in [6.07, 6.45) is 8.72. The predicted molar refractivity (Wildman–Crippen MR) is 241 cm³/mol. The van der Waals surface area contributed by atoms with Gasteiger partial charge in [0.15, 0.2) is 0 Å². The Morgan fingerprint density at radius 3 is 1.77 bits per heavy atom. The Labute approximate surface area is 332 Å². The third-order valence-electron chi connectivity index (χ3n) is 11.5. The SMILES string of the molecule is C1=CCCC(N(c2ccccc2)c2cc3ccc(-c4ccc5c(c4)cc(-c4ccccc4)n5-c4cccc5ccccc45)cc3n2-c2cccc3ccccc23)=C1. The highest BCUT2D eigenvalue weighted by molar-refractivity contribution is 6.00. The molecule has 270 valence electrons. The maximum atomic E-state index is 2.48. The number of para-hydroxylation sites is 1. The van der Waals surface area contributed by atoms with Gasteiger partial charge in [-0.1, -0.05) is 152 Å². The van der Waals surface area contributed by atoms with Crippen molar-refractivity contribution in [1.29, 1.82) is 0 Å². The predicted octanol–water partition coefficient (Wildman–Crippen LogP) is 14.6. The molecule has 0 bridgehead atoms. The fourth-order valence-electron chi connectivity index (χ4n) is 8.86. The lowest BCUT2D eigenvalue weighted by molar-refractivity contribution is 0.899. The summed E-state index contributed by atoms with van der Waals surface area (Å²) in [5, 5.41) is 7.32. The van der Waals surface area contributed by atoms with Crippen LogP contribution in [0.3, 0.4) is 0 Å². The summed E-state index contributed by atoms with van der Waals surface area (Å²) in [6, 6.07) is 70.9. The van der Waals surface area contributed by atoms with Gasteiger partial charge in [0, 0.05) is 32.9 Å². The summed E-state index contributed by atoms with van der Waals surface area (Å²) in [5.41, 5.74) is 11.9. The van der Waals surface area contributed by atoms with Crippen LogP contribution in [0, 0.1) is 0 Å². The summed E-state index contributed by atoms with van der Waals surface area (Å²) in [7, 11) is 0. The average Bonchev–Trinajstić information content (AvgIpc) is 3.85. The Kier molecular flexibility index (Phi) is 7.96. The van der Waals surface area contributed by atoms with Crippen molar-refractivity contribution in [1.82, 2.24) is 9.13 Å². The highest BCUT2D eigenvalue weighted by Gasteiger charge is 2.23. The first-order valence-corrected chi connectivity index (χ1v) is 19.8. The molecular formula is C54H39N3. The van der Waals surface area contributed by atoms with Crippen LogP contribution in [0.2, 0.25) is 0 Å². The molecule has 0 spiro atoms. The van der Waals surface area contributed by atoms with E-state index in [4.69, 9.17) is 0 Å². The van der Waals surface area contributed by atoms with Crippen molar-refractivity contribution in [2.45, 2.75) is 12.8 Å². The highest BCUT2D eigenvalue weighted by atomic mass is 15.3. The lowest BCUT2D eigenvalue weighted by Crippen LogP contribution is -2.20. The van der Waals surface area contributed by atoms with Gasteiger partial charge in [-0.3, -0.25) is 9.47 Å². The highest BCUT2D eigenvalue weighted by Crippen LogP contribution is 2.42. The normalized spacial score (nSPS) is 12.8. The van der Waals surface area contributed by atoms with Gasteiger partial charge in [-0.15, -0.1) is 0 Å². The molecule has 10 aromatic rings. The van der Waals surface area contributed by atoms with Crippen molar-refractivity contribution in [2.24, 2.45) is 0 Å². The van der Waals surface area contributed by atoms with E-state index in [1.165, 1.54) is 82.8 Å². The molecule has 0 atom stereocenters. The Bertz CT molecular complexity index is 3170. The van der Waals surface area contributed by atoms with E-state index >= 15 is 0 Å². The number of benzene rings is 8. The smallest absolute Gasteiger partial charge is 0.123 e. The largest absolute Gasteiger partial charge is 0.309 e. The van der Waals surface area contributed by atoms with Crippen LogP contribution in [0.4, 0.5) is 11.5 Å². The van der Waals surface area contributed by atoms with Crippen LogP contribution in [-0.2, 0) is 0 Å². The van der Waals surface area contributed by atoms with Crippen molar-refractivity contribution in [3.05, 3.63) is 218 Å². The lowest BCUT2D eigenvalue weighted by atomic mass is 10.0. The zero-order chi connectivity index (χ0) is 37.7. The van der Waals surface area contributed by atoms with Gasteiger partial charge in [-0.05, 0) is 101 Å². The van der Waals surface area contributed by atoms with Crippen LogP contribution >= 0.6 is 0 Å². The van der Waals surface area contributed by atoms with Crippen LogP contribution in [-0.4, -0.2) is 9.13 Å². The molecule has 0 N–H and O–H groups in total. The number of aromatic nitrogens is 2. The Balaban J connectivity index is 1.13. The molecule has 8 aromatic carbocycles. The van der Waals surface area contributed by atoms with Crippen LogP contribution in [0.1, 0.15) is 12.8 Å². The van der Waals surface area contributed by atoms with Gasteiger partial charge in [-0.2, -0.15) is 0 Å². The first-order chi connectivity index (χ1) is 28.3. The fraction of sp³-hybridized carbons (Fsp3) is 0.0370. The first kappa shape index (κ1) is 33.0. The molecule has 0 unspecified atom stereocenters. The Morgan fingerprint density at radius 2 is 1.05 bits per heavy atom. The second kappa shape index (κ2) is 13.7. The molecule has 2 heterocycles. The minimum absolute atomic E-state index is 0.969. The van der Waals surface area contributed by atoms with Crippen molar-refractivity contribution in [3.8, 4) is 33.8 Å². The average molecular weight is 730 g/mol. The third-order valence-corrected chi connectivity index (χ3v) is 11.5. The number of anilines is 2. The lowest BCUT2D eigenvalue weighted by Gasteiger charge is -2.30. The van der Waals surface area contributed by atoms with Gasteiger partial charge in [0.05, 0.1) is 28.1 Å². The van der Waals surface area contributed by atoms with E-state index in [1.54, 1.807) is 0 Å². The summed E-state index contributed by atoms with van der Waals surface area (Å²) in [6.45, 7) is 0. The van der Waals surface area contributed by atoms with E-state index in [9.17, 15) is 0 Å². The topological polar surface area (TPSA) is 13.1 Å². The van der Waals surface area contributed by atoms with Crippen molar-refractivity contribution < 1.29 is 0 Å².